The molecule has 3 heterocycles. The van der Waals surface area contributed by atoms with E-state index in [2.05, 4.69) is 128 Å². The summed E-state index contributed by atoms with van der Waals surface area (Å²) in [4.78, 5) is 20.4. The number of aromatic nitrogens is 4. The summed E-state index contributed by atoms with van der Waals surface area (Å²) in [6.07, 6.45) is 0. The van der Waals surface area contributed by atoms with Crippen molar-refractivity contribution in [2.24, 2.45) is 0 Å². The van der Waals surface area contributed by atoms with Crippen LogP contribution in [-0.4, -0.2) is 19.9 Å². The number of hydrogen-bond donors (Lipinski definition) is 0. The Morgan fingerprint density at radius 3 is 1.47 bits per heavy atom. The summed E-state index contributed by atoms with van der Waals surface area (Å²) in [5.41, 5.74) is 14.1. The van der Waals surface area contributed by atoms with Crippen molar-refractivity contribution in [1.82, 2.24) is 19.9 Å². The summed E-state index contributed by atoms with van der Waals surface area (Å²) < 4.78 is 0. The molecule has 0 atom stereocenters. The largest absolute Gasteiger partial charge is 0.245 e. The van der Waals surface area contributed by atoms with Crippen LogP contribution in [0, 0.1) is 6.92 Å². The van der Waals surface area contributed by atoms with Gasteiger partial charge in [-0.1, -0.05) is 152 Å². The molecule has 0 aliphatic heterocycles. The number of pyridine rings is 2. The van der Waals surface area contributed by atoms with Crippen molar-refractivity contribution in [3.05, 3.63) is 181 Å². The van der Waals surface area contributed by atoms with Crippen LogP contribution in [0.3, 0.4) is 0 Å². The zero-order chi connectivity index (χ0) is 34.1. The van der Waals surface area contributed by atoms with Crippen molar-refractivity contribution in [2.75, 3.05) is 0 Å². The fourth-order valence-electron chi connectivity index (χ4n) is 6.72. The Balaban J connectivity index is 1.08. The first kappa shape index (κ1) is 30.3. The predicted molar refractivity (Wildman–Crippen MR) is 210 cm³/mol. The van der Waals surface area contributed by atoms with Crippen LogP contribution in [0.1, 0.15) is 5.56 Å². The third-order valence-corrected chi connectivity index (χ3v) is 9.42. The van der Waals surface area contributed by atoms with Gasteiger partial charge in [-0.25, -0.2) is 19.9 Å². The van der Waals surface area contributed by atoms with Gasteiger partial charge in [-0.2, -0.15) is 0 Å². The first-order chi connectivity index (χ1) is 25.2. The van der Waals surface area contributed by atoms with Crippen molar-refractivity contribution in [3.8, 4) is 67.5 Å². The number of hydrogen-bond acceptors (Lipinski definition) is 4. The first-order valence-corrected chi connectivity index (χ1v) is 17.1. The molecule has 0 saturated heterocycles. The Morgan fingerprint density at radius 2 is 0.824 bits per heavy atom. The maximum Gasteiger partial charge on any atom is 0.160 e. The zero-order valence-corrected chi connectivity index (χ0v) is 28.0. The summed E-state index contributed by atoms with van der Waals surface area (Å²) in [7, 11) is 0. The van der Waals surface area contributed by atoms with Gasteiger partial charge in [0, 0.05) is 38.6 Å². The van der Waals surface area contributed by atoms with Gasteiger partial charge in [0.1, 0.15) is 0 Å². The molecule has 0 aliphatic rings. The summed E-state index contributed by atoms with van der Waals surface area (Å²) >= 11 is 0. The molecule has 51 heavy (non-hydrogen) atoms. The molecule has 0 aliphatic carbocycles. The molecule has 4 nitrogen and oxygen atoms in total. The number of fused-ring (bicyclic) bond motifs is 3. The van der Waals surface area contributed by atoms with Crippen LogP contribution in [0.4, 0.5) is 0 Å². The molecular weight excluding hydrogens is 621 g/mol. The minimum absolute atomic E-state index is 0.697. The fourth-order valence-corrected chi connectivity index (χ4v) is 6.72. The fraction of sp³-hybridized carbons (Fsp3) is 0.0213. The number of benzene rings is 6. The molecule has 0 N–H and O–H groups in total. The van der Waals surface area contributed by atoms with Gasteiger partial charge in [-0.15, -0.1) is 0 Å². The molecule has 0 amide bonds. The van der Waals surface area contributed by atoms with Crippen LogP contribution in [-0.2, 0) is 0 Å². The minimum atomic E-state index is 0.697. The highest BCUT2D eigenvalue weighted by Crippen LogP contribution is 2.33. The molecule has 240 valence electrons. The SMILES string of the molecule is Cc1cc(-c2cccc(-c3ccc(-c4nc(-c5ccccc5)cc(-c5ccccc5)n4)cc3)c2)nc2c1ccc1ccc(-c3ccccc3)nc12. The molecule has 9 aromatic rings. The molecule has 4 heteroatoms. The summed E-state index contributed by atoms with van der Waals surface area (Å²) in [5, 5.41) is 2.19. The smallest absolute Gasteiger partial charge is 0.160 e. The van der Waals surface area contributed by atoms with Crippen molar-refractivity contribution in [2.45, 2.75) is 6.92 Å². The van der Waals surface area contributed by atoms with Crippen molar-refractivity contribution >= 4 is 21.8 Å². The van der Waals surface area contributed by atoms with Crippen LogP contribution in [0.5, 0.6) is 0 Å². The van der Waals surface area contributed by atoms with E-state index in [4.69, 9.17) is 19.9 Å². The highest BCUT2D eigenvalue weighted by atomic mass is 14.9. The molecular formula is C47H32N4. The lowest BCUT2D eigenvalue weighted by molar-refractivity contribution is 1.18. The average molecular weight is 653 g/mol. The van der Waals surface area contributed by atoms with E-state index in [0.717, 1.165) is 83.5 Å². The van der Waals surface area contributed by atoms with Crippen LogP contribution < -0.4 is 0 Å². The normalized spacial score (nSPS) is 11.2. The molecule has 0 radical (unpaired) electrons. The Labute approximate surface area is 296 Å². The second-order valence-electron chi connectivity index (χ2n) is 12.8. The molecule has 0 saturated carbocycles. The van der Waals surface area contributed by atoms with E-state index in [1.54, 1.807) is 0 Å². The van der Waals surface area contributed by atoms with E-state index in [1.807, 2.05) is 54.6 Å². The monoisotopic (exact) mass is 652 g/mol. The standard InChI is InChI=1S/C47H32N4/c1-31-28-42(49-46-40(31)26-24-36-25-27-41(48-45(36)46)33-12-5-2-6-13-33)39-19-11-18-38(29-39)32-20-22-37(23-21-32)47-50-43(34-14-7-3-8-15-34)30-44(51-47)35-16-9-4-10-17-35/h2-30H,1H3. The summed E-state index contributed by atoms with van der Waals surface area (Å²) in [6.45, 7) is 2.15. The van der Waals surface area contributed by atoms with E-state index in [9.17, 15) is 0 Å². The Bertz CT molecular complexity index is 2610. The van der Waals surface area contributed by atoms with Crippen LogP contribution in [0.15, 0.2) is 176 Å². The average Bonchev–Trinajstić information content (AvgIpc) is 3.21. The van der Waals surface area contributed by atoms with E-state index in [-0.39, 0.29) is 0 Å². The lowest BCUT2D eigenvalue weighted by Crippen LogP contribution is -1.96. The molecule has 0 bridgehead atoms. The van der Waals surface area contributed by atoms with Crippen molar-refractivity contribution in [3.63, 3.8) is 0 Å². The second kappa shape index (κ2) is 12.9. The van der Waals surface area contributed by atoms with Gasteiger partial charge >= 0.3 is 0 Å². The van der Waals surface area contributed by atoms with E-state index in [1.165, 1.54) is 5.56 Å². The van der Waals surface area contributed by atoms with Crippen molar-refractivity contribution in [1.29, 1.82) is 0 Å². The highest BCUT2D eigenvalue weighted by Gasteiger charge is 2.13. The molecule has 3 aromatic heterocycles. The van der Waals surface area contributed by atoms with Gasteiger partial charge < -0.3 is 0 Å². The maximum absolute atomic E-state index is 5.25. The number of rotatable bonds is 6. The van der Waals surface area contributed by atoms with Gasteiger partial charge in [0.05, 0.1) is 33.8 Å². The molecule has 0 fully saturated rings. The zero-order valence-electron chi connectivity index (χ0n) is 28.0. The van der Waals surface area contributed by atoms with Crippen LogP contribution in [0.25, 0.3) is 89.4 Å². The van der Waals surface area contributed by atoms with Gasteiger partial charge in [-0.3, -0.25) is 0 Å². The summed E-state index contributed by atoms with van der Waals surface area (Å²) in [6, 6.07) is 60.8. The number of aryl methyl sites for hydroxylation is 1. The first-order valence-electron chi connectivity index (χ1n) is 17.1. The number of nitrogens with zero attached hydrogens (tertiary/aromatic N) is 4. The molecule has 6 aromatic carbocycles. The highest BCUT2D eigenvalue weighted by molar-refractivity contribution is 6.05. The lowest BCUT2D eigenvalue weighted by atomic mass is 9.98. The topological polar surface area (TPSA) is 51.6 Å². The minimum Gasteiger partial charge on any atom is -0.245 e. The molecule has 0 spiro atoms. The lowest BCUT2D eigenvalue weighted by Gasteiger charge is -2.12. The van der Waals surface area contributed by atoms with E-state index >= 15 is 0 Å². The Kier molecular flexibility index (Phi) is 7.67. The quantitative estimate of drug-likeness (QED) is 0.168. The van der Waals surface area contributed by atoms with E-state index < -0.39 is 0 Å². The molecule has 0 unspecified atom stereocenters. The molecule has 9 rings (SSSR count). The Morgan fingerprint density at radius 1 is 0.314 bits per heavy atom. The van der Waals surface area contributed by atoms with Gasteiger partial charge in [0.25, 0.3) is 0 Å². The van der Waals surface area contributed by atoms with E-state index in [0.29, 0.717) is 5.82 Å². The Hall–Kier alpha value is -6.78. The predicted octanol–water partition coefficient (Wildman–Crippen LogP) is 11.9. The van der Waals surface area contributed by atoms with Gasteiger partial charge in [0.2, 0.25) is 0 Å². The second-order valence-corrected chi connectivity index (χ2v) is 12.8. The van der Waals surface area contributed by atoms with Gasteiger partial charge in [0.15, 0.2) is 5.82 Å². The van der Waals surface area contributed by atoms with Crippen molar-refractivity contribution < 1.29 is 0 Å². The van der Waals surface area contributed by atoms with Crippen LogP contribution in [0.2, 0.25) is 0 Å². The third kappa shape index (κ3) is 5.94. The summed E-state index contributed by atoms with van der Waals surface area (Å²) in [5.74, 6) is 0.697. The maximum atomic E-state index is 5.25. The van der Waals surface area contributed by atoms with Crippen LogP contribution >= 0.6 is 0 Å². The third-order valence-electron chi connectivity index (χ3n) is 9.42. The van der Waals surface area contributed by atoms with Gasteiger partial charge in [-0.05, 0) is 47.9 Å².